The van der Waals surface area contributed by atoms with Gasteiger partial charge in [-0.3, -0.25) is 14.9 Å². The van der Waals surface area contributed by atoms with Crippen LogP contribution in [0.25, 0.3) is 0 Å². The van der Waals surface area contributed by atoms with Crippen LogP contribution in [0, 0.1) is 10.1 Å². The number of nitro groups is 1. The van der Waals surface area contributed by atoms with Gasteiger partial charge in [0.05, 0.1) is 38.5 Å². The molecule has 0 atom stereocenters. The van der Waals surface area contributed by atoms with E-state index in [0.29, 0.717) is 94.9 Å². The summed E-state index contributed by atoms with van der Waals surface area (Å²) < 4.78 is 16.6. The first-order chi connectivity index (χ1) is 23.5. The van der Waals surface area contributed by atoms with Crippen LogP contribution in [-0.4, -0.2) is 98.6 Å². The number of hydrogen-bond acceptors (Lipinski definition) is 13. The van der Waals surface area contributed by atoms with Crippen molar-refractivity contribution in [2.45, 2.75) is 0 Å². The summed E-state index contributed by atoms with van der Waals surface area (Å²) in [4.78, 5) is 40.9. The minimum Gasteiger partial charge on any atom is -0.497 e. The number of benzene rings is 3. The molecule has 0 unspecified atom stereocenters. The van der Waals surface area contributed by atoms with Crippen molar-refractivity contribution in [1.82, 2.24) is 20.3 Å². The van der Waals surface area contributed by atoms with Crippen molar-refractivity contribution in [2.75, 3.05) is 93.2 Å². The maximum absolute atomic E-state index is 12.1. The Balaban J connectivity index is 1.10. The van der Waals surface area contributed by atoms with Gasteiger partial charge in [-0.1, -0.05) is 24.3 Å². The molecule has 48 heavy (non-hydrogen) atoms. The largest absolute Gasteiger partial charge is 0.497 e. The quantitative estimate of drug-likeness (QED) is 0.0854. The fourth-order valence-corrected chi connectivity index (χ4v) is 4.91. The molecular weight excluding hydrogens is 618 g/mol. The molecule has 5 rings (SSSR count). The summed E-state index contributed by atoms with van der Waals surface area (Å²) in [6.07, 6.45) is 0. The maximum Gasteiger partial charge on any atom is 0.269 e. The van der Waals surface area contributed by atoms with Crippen molar-refractivity contribution in [2.24, 2.45) is 0 Å². The molecule has 0 aliphatic carbocycles. The number of nitrogens with zero attached hydrogens (tertiary/aromatic N) is 6. The highest BCUT2D eigenvalue weighted by Gasteiger charge is 2.21. The summed E-state index contributed by atoms with van der Waals surface area (Å²) in [5.41, 5.74) is 2.38. The van der Waals surface area contributed by atoms with Crippen molar-refractivity contribution < 1.29 is 23.9 Å². The number of nitro benzene ring substituents is 1. The molecular formula is C33H39N9O6. The zero-order valence-electron chi connectivity index (χ0n) is 26.7. The molecule has 0 bridgehead atoms. The Hall–Kier alpha value is -5.54. The summed E-state index contributed by atoms with van der Waals surface area (Å²) in [7, 11) is 1.61. The minimum atomic E-state index is -0.398. The lowest BCUT2D eigenvalue weighted by Crippen LogP contribution is -2.47. The van der Waals surface area contributed by atoms with Crippen LogP contribution in [0.5, 0.6) is 5.75 Å². The first-order valence-corrected chi connectivity index (χ1v) is 15.6. The Morgan fingerprint density at radius 1 is 0.812 bits per heavy atom. The number of rotatable bonds is 17. The fraction of sp³-hybridized carbons (Fsp3) is 0.333. The van der Waals surface area contributed by atoms with E-state index in [-0.39, 0.29) is 11.6 Å². The molecule has 1 aliphatic rings. The third-order valence-electron chi connectivity index (χ3n) is 7.41. The van der Waals surface area contributed by atoms with Gasteiger partial charge in [0.15, 0.2) is 0 Å². The van der Waals surface area contributed by atoms with Crippen molar-refractivity contribution in [1.29, 1.82) is 0 Å². The van der Waals surface area contributed by atoms with Gasteiger partial charge < -0.3 is 40.0 Å². The van der Waals surface area contributed by atoms with Gasteiger partial charge in [0.2, 0.25) is 17.8 Å². The number of anilines is 5. The van der Waals surface area contributed by atoms with E-state index in [4.69, 9.17) is 19.2 Å². The third-order valence-corrected chi connectivity index (χ3v) is 7.41. The second-order valence-electron chi connectivity index (χ2n) is 10.7. The lowest BCUT2D eigenvalue weighted by atomic mass is 10.2. The van der Waals surface area contributed by atoms with E-state index >= 15 is 0 Å². The van der Waals surface area contributed by atoms with Gasteiger partial charge in [0.1, 0.15) is 5.75 Å². The van der Waals surface area contributed by atoms with Gasteiger partial charge in [-0.05, 0) is 36.4 Å². The topological polar surface area (TPSA) is 169 Å². The first-order valence-electron chi connectivity index (χ1n) is 15.6. The van der Waals surface area contributed by atoms with E-state index in [9.17, 15) is 14.9 Å². The van der Waals surface area contributed by atoms with E-state index in [1.165, 1.54) is 12.1 Å². The molecule has 3 aromatic carbocycles. The molecule has 3 N–H and O–H groups in total. The predicted octanol–water partition coefficient (Wildman–Crippen LogP) is 3.73. The maximum atomic E-state index is 12.1. The molecule has 15 nitrogen and oxygen atoms in total. The highest BCUT2D eigenvalue weighted by molar-refractivity contribution is 5.94. The Morgan fingerprint density at radius 3 is 2.21 bits per heavy atom. The van der Waals surface area contributed by atoms with Crippen molar-refractivity contribution in [3.63, 3.8) is 0 Å². The Labute approximate surface area is 278 Å². The first kappa shape index (κ1) is 33.8. The standard InChI is InChI=1S/C33H39N9O6/c1-46-29-9-5-8-26(24-29)36-32-37-31(35-15-21-48-23-22-47-20-14-34-30(43)25-6-3-2-4-7-25)38-33(39-32)41-18-16-40(17-19-41)27-10-12-28(13-11-27)42(44)45/h2-13,24H,14-23H2,1H3,(H,34,43)(H2,35,36,37,38,39). The van der Waals surface area contributed by atoms with Crippen LogP contribution in [0.3, 0.4) is 0 Å². The highest BCUT2D eigenvalue weighted by Crippen LogP contribution is 2.24. The van der Waals surface area contributed by atoms with E-state index in [1.807, 2.05) is 42.5 Å². The molecule has 1 fully saturated rings. The van der Waals surface area contributed by atoms with E-state index in [1.54, 1.807) is 31.4 Å². The lowest BCUT2D eigenvalue weighted by molar-refractivity contribution is -0.384. The number of aromatic nitrogens is 3. The normalized spacial score (nSPS) is 12.8. The number of piperazine rings is 1. The van der Waals surface area contributed by atoms with Crippen LogP contribution in [0.2, 0.25) is 0 Å². The number of non-ortho nitro benzene ring substituents is 1. The van der Waals surface area contributed by atoms with Gasteiger partial charge in [0.25, 0.3) is 11.6 Å². The van der Waals surface area contributed by atoms with Crippen LogP contribution in [0.15, 0.2) is 78.9 Å². The molecule has 0 spiro atoms. The van der Waals surface area contributed by atoms with Crippen LogP contribution < -0.4 is 30.5 Å². The fourth-order valence-electron chi connectivity index (χ4n) is 4.91. The molecule has 1 aliphatic heterocycles. The molecule has 0 saturated carbocycles. The molecule has 1 saturated heterocycles. The van der Waals surface area contributed by atoms with Crippen molar-refractivity contribution in [3.8, 4) is 5.75 Å². The number of ether oxygens (including phenoxy) is 3. The van der Waals surface area contributed by atoms with Crippen LogP contribution in [-0.2, 0) is 9.47 Å². The lowest BCUT2D eigenvalue weighted by Gasteiger charge is -2.36. The summed E-state index contributed by atoms with van der Waals surface area (Å²) in [6, 6.07) is 23.1. The average Bonchev–Trinajstić information content (AvgIpc) is 3.12. The number of nitrogens with one attached hydrogen (secondary N) is 3. The van der Waals surface area contributed by atoms with Gasteiger partial charge in [-0.25, -0.2) is 0 Å². The van der Waals surface area contributed by atoms with E-state index in [2.05, 4.69) is 35.7 Å². The molecule has 1 amide bonds. The van der Waals surface area contributed by atoms with Crippen molar-refractivity contribution >= 4 is 40.8 Å². The van der Waals surface area contributed by atoms with Gasteiger partial charge in [-0.15, -0.1) is 0 Å². The second kappa shape index (κ2) is 17.4. The number of carbonyl (C=O) groups excluding carboxylic acids is 1. The SMILES string of the molecule is COc1cccc(Nc2nc(NCCOCCOCCNC(=O)c3ccccc3)nc(N3CCN(c4ccc([N+](=O)[O-])cc4)CC3)n2)c1. The highest BCUT2D eigenvalue weighted by atomic mass is 16.6. The van der Waals surface area contributed by atoms with Crippen LogP contribution in [0.1, 0.15) is 10.4 Å². The van der Waals surface area contributed by atoms with Gasteiger partial charge in [-0.2, -0.15) is 15.0 Å². The zero-order valence-corrected chi connectivity index (χ0v) is 26.7. The summed E-state index contributed by atoms with van der Waals surface area (Å²) in [5, 5.41) is 20.3. The van der Waals surface area contributed by atoms with E-state index < -0.39 is 4.92 Å². The van der Waals surface area contributed by atoms with Crippen LogP contribution in [0.4, 0.5) is 34.9 Å². The van der Waals surface area contributed by atoms with Gasteiger partial charge >= 0.3 is 0 Å². The molecule has 2 heterocycles. The van der Waals surface area contributed by atoms with E-state index in [0.717, 1.165) is 11.4 Å². The van der Waals surface area contributed by atoms with Crippen molar-refractivity contribution in [3.05, 3.63) is 94.5 Å². The Bertz CT molecular complexity index is 1620. The number of carbonyl (C=O) groups is 1. The smallest absolute Gasteiger partial charge is 0.269 e. The van der Waals surface area contributed by atoms with Gasteiger partial charge in [0, 0.05) is 74.4 Å². The summed E-state index contributed by atoms with van der Waals surface area (Å²) in [5.74, 6) is 1.87. The second-order valence-corrected chi connectivity index (χ2v) is 10.7. The Morgan fingerprint density at radius 2 is 1.50 bits per heavy atom. The molecule has 1 aromatic heterocycles. The number of amides is 1. The zero-order chi connectivity index (χ0) is 33.6. The molecule has 15 heteroatoms. The molecule has 4 aromatic rings. The third kappa shape index (κ3) is 9.98. The average molecular weight is 658 g/mol. The minimum absolute atomic E-state index is 0.0684. The molecule has 252 valence electrons. The number of hydrogen-bond donors (Lipinski definition) is 3. The monoisotopic (exact) mass is 657 g/mol. The summed E-state index contributed by atoms with van der Waals surface area (Å²) in [6.45, 7) is 5.16. The summed E-state index contributed by atoms with van der Waals surface area (Å²) >= 11 is 0. The number of methoxy groups -OCH3 is 1. The molecule has 0 radical (unpaired) electrons. The van der Waals surface area contributed by atoms with Crippen LogP contribution >= 0.6 is 0 Å². The predicted molar refractivity (Wildman–Crippen MR) is 183 cm³/mol. The Kier molecular flexibility index (Phi) is 12.3.